The Morgan fingerprint density at radius 1 is 1.03 bits per heavy atom. The molecule has 6 nitrogen and oxygen atoms in total. The minimum absolute atomic E-state index is 0.0210. The zero-order valence-electron chi connectivity index (χ0n) is 19.9. The summed E-state index contributed by atoms with van der Waals surface area (Å²) in [5.41, 5.74) is 2.58. The quantitative estimate of drug-likeness (QED) is 0.548. The number of anilines is 1. The van der Waals surface area contributed by atoms with Gasteiger partial charge in [0.05, 0.1) is 18.6 Å². The number of carbonyl (C=O) groups excluding carboxylic acids is 2. The van der Waals surface area contributed by atoms with Gasteiger partial charge in [-0.2, -0.15) is 0 Å². The van der Waals surface area contributed by atoms with Crippen LogP contribution in [-0.2, 0) is 20.9 Å². The first kappa shape index (κ1) is 23.1. The van der Waals surface area contributed by atoms with Crippen LogP contribution in [0.1, 0.15) is 49.1 Å². The van der Waals surface area contributed by atoms with E-state index < -0.39 is 5.41 Å². The molecule has 2 aromatic carbocycles. The number of carbonyl (C=O) groups is 2. The molecule has 2 aliphatic heterocycles. The van der Waals surface area contributed by atoms with E-state index in [-0.39, 0.29) is 24.3 Å². The van der Waals surface area contributed by atoms with Crippen molar-refractivity contribution in [3.8, 4) is 0 Å². The third-order valence-corrected chi connectivity index (χ3v) is 7.54. The molecule has 5 rings (SSSR count). The number of benzene rings is 2. The summed E-state index contributed by atoms with van der Waals surface area (Å²) < 4.78 is 6.03. The highest BCUT2D eigenvalue weighted by Crippen LogP contribution is 2.65. The van der Waals surface area contributed by atoms with Gasteiger partial charge in [0.15, 0.2) is 0 Å². The molecule has 0 spiro atoms. The second-order valence-corrected chi connectivity index (χ2v) is 9.95. The summed E-state index contributed by atoms with van der Waals surface area (Å²) in [5.74, 6) is 0.102. The lowest BCUT2D eigenvalue weighted by atomic mass is 9.92. The minimum Gasteiger partial charge on any atom is -0.376 e. The number of fused-ring (bicyclic) bond motifs is 3. The van der Waals surface area contributed by atoms with Gasteiger partial charge in [0.1, 0.15) is 6.54 Å². The first-order valence-corrected chi connectivity index (χ1v) is 12.7. The average molecular weight is 462 g/mol. The van der Waals surface area contributed by atoms with Crippen LogP contribution in [-0.4, -0.2) is 56.0 Å². The minimum atomic E-state index is -0.544. The van der Waals surface area contributed by atoms with Crippen LogP contribution in [0.25, 0.3) is 0 Å². The number of nitrogens with zero attached hydrogens (tertiary/aromatic N) is 2. The van der Waals surface area contributed by atoms with Crippen LogP contribution in [0.2, 0.25) is 0 Å². The highest BCUT2D eigenvalue weighted by Gasteiger charge is 2.65. The number of rotatable bonds is 10. The van der Waals surface area contributed by atoms with Crippen molar-refractivity contribution in [2.45, 2.75) is 44.6 Å². The SMILES string of the molecule is O=C(CN1C(=O)[C@@]2(COCc3ccccc3)C[C@H]2c2ccccc21)NCCCN1CCCCC1. The molecule has 2 atom stereocenters. The third-order valence-electron chi connectivity index (χ3n) is 7.54. The molecule has 1 N–H and O–H groups in total. The molecule has 0 radical (unpaired) electrons. The third kappa shape index (κ3) is 4.89. The molecule has 180 valence electrons. The number of amides is 2. The zero-order valence-corrected chi connectivity index (χ0v) is 19.9. The molecule has 1 saturated carbocycles. The Hall–Kier alpha value is -2.70. The number of para-hydroxylation sites is 1. The van der Waals surface area contributed by atoms with Gasteiger partial charge in [-0.15, -0.1) is 0 Å². The van der Waals surface area contributed by atoms with Crippen molar-refractivity contribution in [3.05, 3.63) is 65.7 Å². The highest BCUT2D eigenvalue weighted by atomic mass is 16.5. The first-order valence-electron chi connectivity index (χ1n) is 12.7. The van der Waals surface area contributed by atoms with E-state index in [1.165, 1.54) is 32.4 Å². The number of piperidine rings is 1. The number of hydrogen-bond donors (Lipinski definition) is 1. The second kappa shape index (κ2) is 10.3. The summed E-state index contributed by atoms with van der Waals surface area (Å²) in [5, 5.41) is 3.04. The number of ether oxygens (including phenoxy) is 1. The molecule has 1 aliphatic carbocycles. The van der Waals surface area contributed by atoms with Crippen LogP contribution < -0.4 is 10.2 Å². The van der Waals surface area contributed by atoms with Gasteiger partial charge in [-0.1, -0.05) is 55.0 Å². The molecule has 0 aromatic heterocycles. The lowest BCUT2D eigenvalue weighted by Crippen LogP contribution is -2.48. The van der Waals surface area contributed by atoms with Crippen molar-refractivity contribution < 1.29 is 14.3 Å². The summed E-state index contributed by atoms with van der Waals surface area (Å²) in [6.07, 6.45) is 5.61. The molecule has 6 heteroatoms. The van der Waals surface area contributed by atoms with Crippen molar-refractivity contribution in [2.24, 2.45) is 5.41 Å². The summed E-state index contributed by atoms with van der Waals surface area (Å²) >= 11 is 0. The second-order valence-electron chi connectivity index (χ2n) is 9.95. The van der Waals surface area contributed by atoms with Crippen molar-refractivity contribution >= 4 is 17.5 Å². The maximum atomic E-state index is 13.6. The number of likely N-dealkylation sites (tertiary alicyclic amines) is 1. The fraction of sp³-hybridized carbons (Fsp3) is 0.500. The van der Waals surface area contributed by atoms with E-state index in [2.05, 4.69) is 16.3 Å². The van der Waals surface area contributed by atoms with Crippen molar-refractivity contribution in [3.63, 3.8) is 0 Å². The number of nitrogens with one attached hydrogen (secondary N) is 1. The maximum absolute atomic E-state index is 13.6. The predicted octanol–water partition coefficient (Wildman–Crippen LogP) is 3.72. The van der Waals surface area contributed by atoms with E-state index in [1.807, 2.05) is 48.5 Å². The Bertz CT molecular complexity index is 1000. The van der Waals surface area contributed by atoms with Crippen LogP contribution in [0, 0.1) is 5.41 Å². The van der Waals surface area contributed by atoms with Gasteiger partial charge >= 0.3 is 0 Å². The van der Waals surface area contributed by atoms with Gasteiger partial charge in [0.2, 0.25) is 11.8 Å². The van der Waals surface area contributed by atoms with Gasteiger partial charge in [0, 0.05) is 18.2 Å². The molecule has 0 bridgehead atoms. The fourth-order valence-electron chi connectivity index (χ4n) is 5.57. The van der Waals surface area contributed by atoms with Crippen LogP contribution in [0.15, 0.2) is 54.6 Å². The number of hydrogen-bond acceptors (Lipinski definition) is 4. The van der Waals surface area contributed by atoms with Crippen molar-refractivity contribution in [2.75, 3.05) is 44.2 Å². The van der Waals surface area contributed by atoms with Crippen LogP contribution in [0.4, 0.5) is 5.69 Å². The lowest BCUT2D eigenvalue weighted by molar-refractivity contribution is -0.129. The van der Waals surface area contributed by atoms with Gasteiger partial charge in [-0.05, 0) is 62.5 Å². The van der Waals surface area contributed by atoms with E-state index in [0.717, 1.165) is 36.2 Å². The molecule has 2 fully saturated rings. The molecule has 34 heavy (non-hydrogen) atoms. The molecule has 1 saturated heterocycles. The lowest BCUT2D eigenvalue weighted by Gasteiger charge is -2.33. The van der Waals surface area contributed by atoms with Crippen molar-refractivity contribution in [1.82, 2.24) is 10.2 Å². The molecule has 2 amide bonds. The van der Waals surface area contributed by atoms with E-state index in [0.29, 0.717) is 19.8 Å². The summed E-state index contributed by atoms with van der Waals surface area (Å²) in [6.45, 7) is 4.94. The summed E-state index contributed by atoms with van der Waals surface area (Å²) in [7, 11) is 0. The normalized spacial score (nSPS) is 23.8. The van der Waals surface area contributed by atoms with E-state index in [9.17, 15) is 9.59 Å². The maximum Gasteiger partial charge on any atom is 0.240 e. The highest BCUT2D eigenvalue weighted by molar-refractivity contribution is 6.07. The molecular formula is C28H35N3O3. The fourth-order valence-corrected chi connectivity index (χ4v) is 5.57. The molecular weight excluding hydrogens is 426 g/mol. The molecule has 3 aliphatic rings. The molecule has 0 unspecified atom stereocenters. The smallest absolute Gasteiger partial charge is 0.240 e. The standard InChI is InChI=1S/C28H35N3O3/c32-26(29-14-9-17-30-15-7-2-8-16-30)19-31-25-13-6-5-12-23(25)24-18-28(24,27(31)33)21-34-20-22-10-3-1-4-11-22/h1,3-6,10-13,24H,2,7-9,14-21H2,(H,29,32)/t24-,28+/m0/s1. The summed E-state index contributed by atoms with van der Waals surface area (Å²) in [6, 6.07) is 18.0. The van der Waals surface area contributed by atoms with Gasteiger partial charge in [-0.25, -0.2) is 0 Å². The Morgan fingerprint density at radius 3 is 2.62 bits per heavy atom. The molecule has 2 aromatic rings. The van der Waals surface area contributed by atoms with E-state index in [1.54, 1.807) is 4.90 Å². The van der Waals surface area contributed by atoms with Gasteiger partial charge < -0.3 is 19.9 Å². The monoisotopic (exact) mass is 461 g/mol. The predicted molar refractivity (Wildman–Crippen MR) is 133 cm³/mol. The topological polar surface area (TPSA) is 61.9 Å². The average Bonchev–Trinajstić information content (AvgIpc) is 3.62. The first-order chi connectivity index (χ1) is 16.7. The van der Waals surface area contributed by atoms with Crippen LogP contribution in [0.5, 0.6) is 0 Å². The Kier molecular flexibility index (Phi) is 6.97. The van der Waals surface area contributed by atoms with E-state index in [4.69, 9.17) is 4.74 Å². The largest absolute Gasteiger partial charge is 0.376 e. The van der Waals surface area contributed by atoms with E-state index >= 15 is 0 Å². The summed E-state index contributed by atoms with van der Waals surface area (Å²) in [4.78, 5) is 30.6. The Morgan fingerprint density at radius 2 is 1.79 bits per heavy atom. The van der Waals surface area contributed by atoms with Gasteiger partial charge in [0.25, 0.3) is 0 Å². The zero-order chi connectivity index (χ0) is 23.4. The Labute approximate surface area is 202 Å². The van der Waals surface area contributed by atoms with Crippen LogP contribution in [0.3, 0.4) is 0 Å². The molecule has 2 heterocycles. The van der Waals surface area contributed by atoms with Gasteiger partial charge in [-0.3, -0.25) is 9.59 Å². The van der Waals surface area contributed by atoms with Crippen LogP contribution >= 0.6 is 0 Å². The Balaban J connectivity index is 1.18. The van der Waals surface area contributed by atoms with Crippen molar-refractivity contribution in [1.29, 1.82) is 0 Å².